The van der Waals surface area contributed by atoms with E-state index in [9.17, 15) is 19.6 Å². The minimum atomic E-state index is -1.28. The zero-order chi connectivity index (χ0) is 22.4. The molecule has 7 nitrogen and oxygen atoms in total. The Bertz CT molecular complexity index is 923. The highest BCUT2D eigenvalue weighted by Gasteiger charge is 2.77. The molecule has 0 spiro atoms. The number of fused-ring (bicyclic) bond motifs is 7. The van der Waals surface area contributed by atoms with Gasteiger partial charge < -0.3 is 14.6 Å². The Morgan fingerprint density at radius 2 is 2.03 bits per heavy atom. The standard InChI is InChI=1S/C24H31NO6/c1-21(2)30-19-10-16-15-6-5-13-9-14(27)7-8-22(13,3)20(15)17(25-29)11-23(16,4)24(19,31-21)18(28)12-26/h7-9,15-17,19-20,26H,5-6,10-12H2,1-4H3/t15?,16?,17-,19?,20?,22?,23-,24?/m0/s1. The van der Waals surface area contributed by atoms with Gasteiger partial charge in [0, 0.05) is 16.7 Å². The van der Waals surface area contributed by atoms with Gasteiger partial charge in [0.15, 0.2) is 23.0 Å². The molecule has 0 amide bonds. The van der Waals surface area contributed by atoms with Crippen LogP contribution in [0.3, 0.4) is 0 Å². The topological polar surface area (TPSA) is 102 Å². The number of rotatable bonds is 3. The van der Waals surface area contributed by atoms with Crippen molar-refractivity contribution in [3.05, 3.63) is 28.7 Å². The lowest BCUT2D eigenvalue weighted by Crippen LogP contribution is -2.63. The molecule has 4 aliphatic carbocycles. The number of Topliss-reactive ketones (excluding diaryl/α,β-unsaturated/α-hetero) is 1. The zero-order valence-corrected chi connectivity index (χ0v) is 18.6. The molecule has 5 aliphatic rings. The van der Waals surface area contributed by atoms with E-state index in [1.807, 2.05) is 13.0 Å². The van der Waals surface area contributed by atoms with Crippen molar-refractivity contribution in [3.63, 3.8) is 0 Å². The molecule has 31 heavy (non-hydrogen) atoms. The number of allylic oxidation sites excluding steroid dienone is 4. The summed E-state index contributed by atoms with van der Waals surface area (Å²) >= 11 is 0. The van der Waals surface area contributed by atoms with Crippen LogP contribution < -0.4 is 0 Å². The molecular weight excluding hydrogens is 398 g/mol. The van der Waals surface area contributed by atoms with Crippen molar-refractivity contribution in [1.29, 1.82) is 0 Å². The second-order valence-electron chi connectivity index (χ2n) is 11.0. The lowest BCUT2D eigenvalue weighted by molar-refractivity contribution is -0.216. The molecular formula is C24H31NO6. The molecule has 1 saturated heterocycles. The molecule has 0 bridgehead atoms. The van der Waals surface area contributed by atoms with Gasteiger partial charge in [0.25, 0.3) is 0 Å². The fraction of sp³-hybridized carbons (Fsp3) is 0.750. The first-order valence-electron chi connectivity index (χ1n) is 11.3. The van der Waals surface area contributed by atoms with Crippen LogP contribution in [0.5, 0.6) is 0 Å². The lowest BCUT2D eigenvalue weighted by atomic mass is 9.45. The quantitative estimate of drug-likeness (QED) is 0.692. The highest BCUT2D eigenvalue weighted by atomic mass is 16.8. The van der Waals surface area contributed by atoms with Crippen molar-refractivity contribution in [2.75, 3.05) is 6.61 Å². The molecule has 1 aliphatic heterocycles. The maximum Gasteiger partial charge on any atom is 0.193 e. The van der Waals surface area contributed by atoms with Crippen molar-refractivity contribution in [2.24, 2.45) is 33.8 Å². The number of aliphatic hydroxyl groups excluding tert-OH is 1. The van der Waals surface area contributed by atoms with Gasteiger partial charge in [-0.3, -0.25) is 9.59 Å². The third-order valence-corrected chi connectivity index (χ3v) is 9.18. The predicted octanol–water partition coefficient (Wildman–Crippen LogP) is 3.10. The summed E-state index contributed by atoms with van der Waals surface area (Å²) in [7, 11) is 0. The molecule has 168 valence electrons. The summed E-state index contributed by atoms with van der Waals surface area (Å²) in [6.07, 6.45) is 7.49. The van der Waals surface area contributed by atoms with Crippen LogP contribution in [0.15, 0.2) is 29.0 Å². The van der Waals surface area contributed by atoms with Gasteiger partial charge in [0.05, 0.1) is 12.1 Å². The van der Waals surface area contributed by atoms with E-state index >= 15 is 0 Å². The van der Waals surface area contributed by atoms with E-state index in [-0.39, 0.29) is 29.3 Å². The van der Waals surface area contributed by atoms with Crippen LogP contribution in [0.4, 0.5) is 0 Å². The van der Waals surface area contributed by atoms with Crippen LogP contribution in [0, 0.1) is 33.5 Å². The van der Waals surface area contributed by atoms with Gasteiger partial charge in [0.1, 0.15) is 6.61 Å². The second kappa shape index (κ2) is 6.42. The van der Waals surface area contributed by atoms with Gasteiger partial charge in [-0.15, -0.1) is 0 Å². The number of nitrogens with zero attached hydrogens (tertiary/aromatic N) is 1. The van der Waals surface area contributed by atoms with E-state index < -0.39 is 41.0 Å². The minimum absolute atomic E-state index is 0.00545. The van der Waals surface area contributed by atoms with Crippen LogP contribution in [0.1, 0.15) is 53.4 Å². The summed E-state index contributed by atoms with van der Waals surface area (Å²) in [5.41, 5.74) is -1.27. The first kappa shape index (κ1) is 21.2. The Morgan fingerprint density at radius 3 is 2.71 bits per heavy atom. The number of ketones is 2. The van der Waals surface area contributed by atoms with Crippen molar-refractivity contribution in [3.8, 4) is 0 Å². The van der Waals surface area contributed by atoms with E-state index in [1.54, 1.807) is 26.0 Å². The predicted molar refractivity (Wildman–Crippen MR) is 112 cm³/mol. The van der Waals surface area contributed by atoms with Gasteiger partial charge in [-0.1, -0.05) is 30.7 Å². The van der Waals surface area contributed by atoms with E-state index in [0.29, 0.717) is 12.8 Å². The van der Waals surface area contributed by atoms with E-state index in [1.165, 1.54) is 0 Å². The number of hydrogen-bond acceptors (Lipinski definition) is 7. The first-order valence-corrected chi connectivity index (χ1v) is 11.3. The van der Waals surface area contributed by atoms with Gasteiger partial charge in [0.2, 0.25) is 0 Å². The summed E-state index contributed by atoms with van der Waals surface area (Å²) in [5.74, 6) is -1.12. The van der Waals surface area contributed by atoms with Gasteiger partial charge in [-0.25, -0.2) is 0 Å². The molecule has 0 aromatic carbocycles. The number of ether oxygens (including phenoxy) is 2. The fourth-order valence-electron chi connectivity index (χ4n) is 8.14. The van der Waals surface area contributed by atoms with E-state index in [2.05, 4.69) is 12.1 Å². The smallest absolute Gasteiger partial charge is 0.193 e. The molecule has 8 atom stereocenters. The molecule has 0 radical (unpaired) electrons. The summed E-state index contributed by atoms with van der Waals surface area (Å²) in [6, 6.07) is -0.521. The Labute approximate surface area is 182 Å². The summed E-state index contributed by atoms with van der Waals surface area (Å²) in [5, 5.41) is 13.5. The number of nitroso groups, excluding NO2 is 1. The van der Waals surface area contributed by atoms with Crippen LogP contribution in [-0.2, 0) is 19.1 Å². The van der Waals surface area contributed by atoms with Crippen LogP contribution in [0.2, 0.25) is 0 Å². The summed E-state index contributed by atoms with van der Waals surface area (Å²) in [4.78, 5) is 37.5. The molecule has 1 heterocycles. The number of carbonyl (C=O) groups is 2. The molecule has 1 N–H and O–H groups in total. The minimum Gasteiger partial charge on any atom is -0.388 e. The Hall–Kier alpha value is -1.70. The summed E-state index contributed by atoms with van der Waals surface area (Å²) < 4.78 is 12.6. The van der Waals surface area contributed by atoms with Crippen LogP contribution in [0.25, 0.3) is 0 Å². The molecule has 3 saturated carbocycles. The van der Waals surface area contributed by atoms with Gasteiger partial charge >= 0.3 is 0 Å². The molecule has 4 fully saturated rings. The normalized spacial score (nSPS) is 49.5. The first-order chi connectivity index (χ1) is 14.5. The second-order valence-corrected chi connectivity index (χ2v) is 11.0. The van der Waals surface area contributed by atoms with Gasteiger partial charge in [-0.05, 0) is 63.5 Å². The Morgan fingerprint density at radius 1 is 1.29 bits per heavy atom. The lowest BCUT2D eigenvalue weighted by Gasteiger charge is -2.59. The molecule has 7 heteroatoms. The maximum atomic E-state index is 13.2. The van der Waals surface area contributed by atoms with E-state index in [0.717, 1.165) is 18.4 Å². The SMILES string of the molecule is CC1(C)OC2CC3C4CCC5=CC(=O)C=CC5(C)C4[C@@H](N=O)C[C@]3(C)C2(C(=O)CO)O1. The fourth-order valence-corrected chi connectivity index (χ4v) is 8.14. The van der Waals surface area contributed by atoms with Gasteiger partial charge in [-0.2, -0.15) is 4.91 Å². The van der Waals surface area contributed by atoms with Crippen molar-refractivity contribution in [1.82, 2.24) is 0 Å². The largest absolute Gasteiger partial charge is 0.388 e. The Balaban J connectivity index is 1.62. The number of aliphatic hydroxyl groups is 1. The average Bonchev–Trinajstić information content (AvgIpc) is 3.13. The monoisotopic (exact) mass is 429 g/mol. The number of hydrogen-bond donors (Lipinski definition) is 1. The van der Waals surface area contributed by atoms with Crippen LogP contribution in [-0.4, -0.2) is 46.8 Å². The molecule has 6 unspecified atom stereocenters. The van der Waals surface area contributed by atoms with Crippen molar-refractivity contribution >= 4 is 11.6 Å². The highest BCUT2D eigenvalue weighted by molar-refractivity contribution is 6.01. The number of carbonyl (C=O) groups excluding carboxylic acids is 2. The Kier molecular flexibility index (Phi) is 4.39. The molecule has 0 aromatic heterocycles. The third-order valence-electron chi connectivity index (χ3n) is 9.18. The molecule has 0 aromatic rings. The third kappa shape index (κ3) is 2.51. The summed E-state index contributed by atoms with van der Waals surface area (Å²) in [6.45, 7) is 7.10. The zero-order valence-electron chi connectivity index (χ0n) is 18.6. The van der Waals surface area contributed by atoms with Crippen molar-refractivity contribution < 1.29 is 24.2 Å². The highest BCUT2D eigenvalue weighted by Crippen LogP contribution is 2.70. The average molecular weight is 430 g/mol. The van der Waals surface area contributed by atoms with Crippen molar-refractivity contribution in [2.45, 2.75) is 76.9 Å². The molecule has 5 rings (SSSR count). The maximum absolute atomic E-state index is 13.2. The van der Waals surface area contributed by atoms with E-state index in [4.69, 9.17) is 9.47 Å². The van der Waals surface area contributed by atoms with Crippen LogP contribution >= 0.6 is 0 Å².